The number of rotatable bonds is 5. The minimum Gasteiger partial charge on any atom is -0.306 e. The zero-order valence-corrected chi connectivity index (χ0v) is 11.8. The average molecular weight is 275 g/mol. The number of aryl methyl sites for hydroxylation is 1. The van der Waals surface area contributed by atoms with Crippen molar-refractivity contribution < 1.29 is 8.78 Å². The predicted molar refractivity (Wildman–Crippen MR) is 77.4 cm³/mol. The first-order valence-electron chi connectivity index (χ1n) is 6.87. The Labute approximate surface area is 118 Å². The molecule has 0 aliphatic heterocycles. The van der Waals surface area contributed by atoms with E-state index >= 15 is 0 Å². The van der Waals surface area contributed by atoms with Gasteiger partial charge in [0.15, 0.2) is 11.6 Å². The molecule has 0 spiro atoms. The minimum absolute atomic E-state index is 0.239. The molecular formula is C17H19F2N. The third-order valence-electron chi connectivity index (χ3n) is 3.49. The van der Waals surface area contributed by atoms with Gasteiger partial charge in [-0.2, -0.15) is 0 Å². The molecule has 0 aromatic heterocycles. The third kappa shape index (κ3) is 3.42. The smallest absolute Gasteiger partial charge is 0.163 e. The zero-order chi connectivity index (χ0) is 14.5. The van der Waals surface area contributed by atoms with E-state index in [2.05, 4.69) is 36.5 Å². The van der Waals surface area contributed by atoms with Crippen LogP contribution in [0.3, 0.4) is 0 Å². The van der Waals surface area contributed by atoms with Crippen molar-refractivity contribution in [3.05, 3.63) is 70.8 Å². The van der Waals surface area contributed by atoms with Crippen LogP contribution >= 0.6 is 0 Å². The highest BCUT2D eigenvalue weighted by atomic mass is 19.2. The summed E-state index contributed by atoms with van der Waals surface area (Å²) in [6.45, 7) is 4.57. The predicted octanol–water partition coefficient (Wildman–Crippen LogP) is 4.38. The first-order valence-corrected chi connectivity index (χ1v) is 6.87. The summed E-state index contributed by atoms with van der Waals surface area (Å²) in [5, 5.41) is 3.21. The van der Waals surface area contributed by atoms with Gasteiger partial charge in [-0.1, -0.05) is 43.3 Å². The van der Waals surface area contributed by atoms with Gasteiger partial charge >= 0.3 is 0 Å². The van der Waals surface area contributed by atoms with Gasteiger partial charge in [-0.25, -0.2) is 8.78 Å². The Morgan fingerprint density at radius 3 is 2.30 bits per heavy atom. The van der Waals surface area contributed by atoms with Crippen molar-refractivity contribution in [2.24, 2.45) is 0 Å². The Bertz CT molecular complexity index is 564. The molecule has 1 unspecified atom stereocenters. The Morgan fingerprint density at radius 1 is 1.00 bits per heavy atom. The quantitative estimate of drug-likeness (QED) is 0.854. The first-order chi connectivity index (χ1) is 9.61. The SMILES string of the molecule is CCc1ccc(CNC(C)c2cccc(F)c2F)cc1. The maximum Gasteiger partial charge on any atom is 0.163 e. The maximum atomic E-state index is 13.7. The summed E-state index contributed by atoms with van der Waals surface area (Å²) >= 11 is 0. The van der Waals surface area contributed by atoms with E-state index in [9.17, 15) is 8.78 Å². The van der Waals surface area contributed by atoms with Crippen molar-refractivity contribution in [3.63, 3.8) is 0 Å². The van der Waals surface area contributed by atoms with E-state index in [0.717, 1.165) is 18.1 Å². The molecule has 2 rings (SSSR count). The molecule has 2 aromatic rings. The molecule has 3 heteroatoms. The molecule has 106 valence electrons. The fraction of sp³-hybridized carbons (Fsp3) is 0.294. The lowest BCUT2D eigenvalue weighted by atomic mass is 10.1. The van der Waals surface area contributed by atoms with Gasteiger partial charge in [0, 0.05) is 18.2 Å². The van der Waals surface area contributed by atoms with E-state index < -0.39 is 11.6 Å². The molecule has 0 amide bonds. The second kappa shape index (κ2) is 6.62. The van der Waals surface area contributed by atoms with Crippen LogP contribution < -0.4 is 5.32 Å². The minimum atomic E-state index is -0.802. The second-order valence-electron chi connectivity index (χ2n) is 4.92. The summed E-state index contributed by atoms with van der Waals surface area (Å²) in [5.74, 6) is -1.57. The molecule has 0 fully saturated rings. The van der Waals surface area contributed by atoms with Gasteiger partial charge in [0.05, 0.1) is 0 Å². The molecule has 0 saturated carbocycles. The summed E-state index contributed by atoms with van der Waals surface area (Å²) in [7, 11) is 0. The number of hydrogen-bond donors (Lipinski definition) is 1. The standard InChI is InChI=1S/C17H19F2N/c1-3-13-7-9-14(10-8-13)11-20-12(2)15-5-4-6-16(18)17(15)19/h4-10,12,20H,3,11H2,1-2H3. The lowest BCUT2D eigenvalue weighted by molar-refractivity contribution is 0.472. The van der Waals surface area contributed by atoms with Gasteiger partial charge in [-0.05, 0) is 30.5 Å². The lowest BCUT2D eigenvalue weighted by Crippen LogP contribution is -2.19. The average Bonchev–Trinajstić information content (AvgIpc) is 2.48. The molecule has 1 nitrogen and oxygen atoms in total. The van der Waals surface area contributed by atoms with E-state index in [-0.39, 0.29) is 6.04 Å². The van der Waals surface area contributed by atoms with Gasteiger partial charge in [0.2, 0.25) is 0 Å². The van der Waals surface area contributed by atoms with Crippen LogP contribution in [0.15, 0.2) is 42.5 Å². The maximum absolute atomic E-state index is 13.7. The molecule has 1 N–H and O–H groups in total. The van der Waals surface area contributed by atoms with E-state index in [1.165, 1.54) is 11.6 Å². The van der Waals surface area contributed by atoms with Gasteiger partial charge in [0.1, 0.15) is 0 Å². The Balaban J connectivity index is 2.00. The van der Waals surface area contributed by atoms with Crippen molar-refractivity contribution in [3.8, 4) is 0 Å². The normalized spacial score (nSPS) is 12.4. The molecule has 20 heavy (non-hydrogen) atoms. The Hall–Kier alpha value is -1.74. The van der Waals surface area contributed by atoms with Crippen LogP contribution in [0.25, 0.3) is 0 Å². The van der Waals surface area contributed by atoms with Crippen molar-refractivity contribution in [1.29, 1.82) is 0 Å². The van der Waals surface area contributed by atoms with E-state index in [4.69, 9.17) is 0 Å². The molecule has 0 radical (unpaired) electrons. The molecule has 0 saturated heterocycles. The molecule has 1 atom stereocenters. The highest BCUT2D eigenvalue weighted by molar-refractivity contribution is 5.24. The van der Waals surface area contributed by atoms with E-state index in [0.29, 0.717) is 12.1 Å². The summed E-state index contributed by atoms with van der Waals surface area (Å²) in [6, 6.07) is 12.3. The topological polar surface area (TPSA) is 12.0 Å². The second-order valence-corrected chi connectivity index (χ2v) is 4.92. The number of halogens is 2. The zero-order valence-electron chi connectivity index (χ0n) is 11.8. The fourth-order valence-electron chi connectivity index (χ4n) is 2.13. The van der Waals surface area contributed by atoms with E-state index in [1.54, 1.807) is 6.07 Å². The summed E-state index contributed by atoms with van der Waals surface area (Å²) < 4.78 is 26.8. The summed E-state index contributed by atoms with van der Waals surface area (Å²) in [4.78, 5) is 0. The Morgan fingerprint density at radius 2 is 1.65 bits per heavy atom. The molecule has 0 aliphatic carbocycles. The highest BCUT2D eigenvalue weighted by Gasteiger charge is 2.13. The highest BCUT2D eigenvalue weighted by Crippen LogP contribution is 2.19. The Kier molecular flexibility index (Phi) is 4.85. The van der Waals surface area contributed by atoms with Gasteiger partial charge in [0.25, 0.3) is 0 Å². The van der Waals surface area contributed by atoms with Crippen LogP contribution in [0.1, 0.15) is 36.6 Å². The number of benzene rings is 2. The molecule has 0 aliphatic rings. The van der Waals surface area contributed by atoms with Crippen LogP contribution in [0, 0.1) is 11.6 Å². The first kappa shape index (κ1) is 14.7. The van der Waals surface area contributed by atoms with Gasteiger partial charge in [-0.3, -0.25) is 0 Å². The molecular weight excluding hydrogens is 256 g/mol. The van der Waals surface area contributed by atoms with Crippen molar-refractivity contribution in [1.82, 2.24) is 5.32 Å². The molecule has 0 heterocycles. The van der Waals surface area contributed by atoms with Crippen LogP contribution in [0.5, 0.6) is 0 Å². The van der Waals surface area contributed by atoms with E-state index in [1.807, 2.05) is 6.92 Å². The van der Waals surface area contributed by atoms with Crippen molar-refractivity contribution in [2.75, 3.05) is 0 Å². The van der Waals surface area contributed by atoms with Crippen LogP contribution in [-0.4, -0.2) is 0 Å². The van der Waals surface area contributed by atoms with Gasteiger partial charge in [-0.15, -0.1) is 0 Å². The molecule has 0 bridgehead atoms. The van der Waals surface area contributed by atoms with Crippen molar-refractivity contribution >= 4 is 0 Å². The summed E-state index contributed by atoms with van der Waals surface area (Å²) in [5.41, 5.74) is 2.78. The third-order valence-corrected chi connectivity index (χ3v) is 3.49. The largest absolute Gasteiger partial charge is 0.306 e. The monoisotopic (exact) mass is 275 g/mol. The van der Waals surface area contributed by atoms with Crippen molar-refractivity contribution in [2.45, 2.75) is 32.9 Å². The number of nitrogens with one attached hydrogen (secondary N) is 1. The summed E-state index contributed by atoms with van der Waals surface area (Å²) in [6.07, 6.45) is 1.01. The lowest BCUT2D eigenvalue weighted by Gasteiger charge is -2.15. The van der Waals surface area contributed by atoms with Gasteiger partial charge < -0.3 is 5.32 Å². The molecule has 2 aromatic carbocycles. The fourth-order valence-corrected chi connectivity index (χ4v) is 2.13. The van der Waals surface area contributed by atoms with Crippen LogP contribution in [-0.2, 0) is 13.0 Å². The number of hydrogen-bond acceptors (Lipinski definition) is 1. The van der Waals surface area contributed by atoms with Crippen LogP contribution in [0.2, 0.25) is 0 Å². The van der Waals surface area contributed by atoms with Crippen LogP contribution in [0.4, 0.5) is 8.78 Å².